The summed E-state index contributed by atoms with van der Waals surface area (Å²) in [5.41, 5.74) is 0.849. The molecule has 102 valence electrons. The van der Waals surface area contributed by atoms with Crippen LogP contribution in [0.2, 0.25) is 0 Å². The van der Waals surface area contributed by atoms with Gasteiger partial charge in [0.2, 0.25) is 5.91 Å². The van der Waals surface area contributed by atoms with Crippen LogP contribution in [0.15, 0.2) is 24.3 Å². The van der Waals surface area contributed by atoms with E-state index in [1.807, 2.05) is 0 Å². The van der Waals surface area contributed by atoms with Crippen LogP contribution in [0.4, 0.5) is 0 Å². The SMILES string of the molecule is COc1ccc(CN2C(=O)COC[C@H]2C(=O)O)cc1. The Labute approximate surface area is 110 Å². The zero-order valence-electron chi connectivity index (χ0n) is 10.5. The van der Waals surface area contributed by atoms with E-state index in [9.17, 15) is 9.59 Å². The zero-order chi connectivity index (χ0) is 13.8. The van der Waals surface area contributed by atoms with Gasteiger partial charge in [-0.15, -0.1) is 0 Å². The van der Waals surface area contributed by atoms with Gasteiger partial charge >= 0.3 is 5.97 Å². The van der Waals surface area contributed by atoms with Gasteiger partial charge in [0.15, 0.2) is 6.04 Å². The topological polar surface area (TPSA) is 76.1 Å². The number of carbonyl (C=O) groups excluding carboxylic acids is 1. The molecule has 1 amide bonds. The number of carbonyl (C=O) groups is 2. The molecule has 1 atom stereocenters. The maximum atomic E-state index is 11.7. The zero-order valence-corrected chi connectivity index (χ0v) is 10.5. The highest BCUT2D eigenvalue weighted by molar-refractivity contribution is 5.85. The van der Waals surface area contributed by atoms with Crippen molar-refractivity contribution in [1.29, 1.82) is 0 Å². The number of aliphatic carboxylic acids is 1. The third kappa shape index (κ3) is 3.03. The molecule has 1 N–H and O–H groups in total. The van der Waals surface area contributed by atoms with Gasteiger partial charge in [-0.05, 0) is 17.7 Å². The second-order valence-corrected chi connectivity index (χ2v) is 4.24. The van der Waals surface area contributed by atoms with Crippen LogP contribution in [-0.4, -0.2) is 48.2 Å². The van der Waals surface area contributed by atoms with Crippen LogP contribution in [0.5, 0.6) is 5.75 Å². The number of rotatable bonds is 4. The van der Waals surface area contributed by atoms with Gasteiger partial charge in [0.05, 0.1) is 13.7 Å². The molecule has 1 aliphatic rings. The lowest BCUT2D eigenvalue weighted by Crippen LogP contribution is -2.52. The highest BCUT2D eigenvalue weighted by Gasteiger charge is 2.33. The van der Waals surface area contributed by atoms with Gasteiger partial charge in [0, 0.05) is 6.54 Å². The number of hydrogen-bond acceptors (Lipinski definition) is 4. The molecule has 2 rings (SSSR count). The number of carboxylic acid groups (broad SMARTS) is 1. The van der Waals surface area contributed by atoms with E-state index in [1.54, 1.807) is 31.4 Å². The molecule has 1 aromatic rings. The standard InChI is InChI=1S/C13H15NO5/c1-18-10-4-2-9(3-5-10)6-14-11(13(16)17)7-19-8-12(14)15/h2-5,11H,6-8H2,1H3,(H,16,17)/t11-/m0/s1. The van der Waals surface area contributed by atoms with Gasteiger partial charge in [0.1, 0.15) is 12.4 Å². The number of benzene rings is 1. The first-order chi connectivity index (χ1) is 9.11. The first-order valence-electron chi connectivity index (χ1n) is 5.85. The van der Waals surface area contributed by atoms with Gasteiger partial charge in [-0.25, -0.2) is 4.79 Å². The Morgan fingerprint density at radius 3 is 2.74 bits per heavy atom. The molecule has 0 saturated carbocycles. The van der Waals surface area contributed by atoms with Crippen LogP contribution in [0.1, 0.15) is 5.56 Å². The first-order valence-corrected chi connectivity index (χ1v) is 5.85. The summed E-state index contributed by atoms with van der Waals surface area (Å²) < 4.78 is 10.0. The molecule has 6 nitrogen and oxygen atoms in total. The number of amides is 1. The van der Waals surface area contributed by atoms with Gasteiger partial charge in [-0.1, -0.05) is 12.1 Å². The Bertz CT molecular complexity index is 470. The molecule has 0 aliphatic carbocycles. The number of ether oxygens (including phenoxy) is 2. The summed E-state index contributed by atoms with van der Waals surface area (Å²) in [5.74, 6) is -0.650. The van der Waals surface area contributed by atoms with Crippen molar-refractivity contribution in [1.82, 2.24) is 4.90 Å². The Hall–Kier alpha value is -2.08. The van der Waals surface area contributed by atoms with Crippen molar-refractivity contribution in [3.63, 3.8) is 0 Å². The molecule has 0 aromatic heterocycles. The highest BCUT2D eigenvalue weighted by Crippen LogP contribution is 2.16. The average molecular weight is 265 g/mol. The fourth-order valence-corrected chi connectivity index (χ4v) is 1.94. The molecule has 6 heteroatoms. The molecule has 1 fully saturated rings. The van der Waals surface area contributed by atoms with Crippen molar-refractivity contribution in [2.24, 2.45) is 0 Å². The number of morpholine rings is 1. The second kappa shape index (κ2) is 5.71. The minimum atomic E-state index is -1.05. The highest BCUT2D eigenvalue weighted by atomic mass is 16.5. The maximum absolute atomic E-state index is 11.7. The van der Waals surface area contributed by atoms with Crippen molar-refractivity contribution < 1.29 is 24.2 Å². The summed E-state index contributed by atoms with van der Waals surface area (Å²) in [7, 11) is 1.57. The van der Waals surface area contributed by atoms with Gasteiger partial charge in [0.25, 0.3) is 0 Å². The van der Waals surface area contributed by atoms with Crippen LogP contribution >= 0.6 is 0 Å². The van der Waals surface area contributed by atoms with E-state index in [1.165, 1.54) is 4.90 Å². The average Bonchev–Trinajstić information content (AvgIpc) is 2.41. The normalized spacial score (nSPS) is 19.3. The molecule has 1 aromatic carbocycles. The largest absolute Gasteiger partial charge is 0.497 e. The lowest BCUT2D eigenvalue weighted by atomic mass is 10.1. The molecule has 0 unspecified atom stereocenters. The Morgan fingerprint density at radius 2 is 2.16 bits per heavy atom. The van der Waals surface area contributed by atoms with Crippen LogP contribution in [0.3, 0.4) is 0 Å². The molecule has 1 aliphatic heterocycles. The van der Waals surface area contributed by atoms with E-state index in [2.05, 4.69) is 0 Å². The van der Waals surface area contributed by atoms with Crippen LogP contribution in [-0.2, 0) is 20.9 Å². The minimum Gasteiger partial charge on any atom is -0.497 e. The maximum Gasteiger partial charge on any atom is 0.328 e. The summed E-state index contributed by atoms with van der Waals surface area (Å²) in [5, 5.41) is 9.09. The first kappa shape index (κ1) is 13.4. The number of hydrogen-bond donors (Lipinski definition) is 1. The van der Waals surface area contributed by atoms with Crippen molar-refractivity contribution in [3.8, 4) is 5.75 Å². The van der Waals surface area contributed by atoms with E-state index in [0.717, 1.165) is 5.56 Å². The van der Waals surface area contributed by atoms with E-state index >= 15 is 0 Å². The molecule has 0 bridgehead atoms. The van der Waals surface area contributed by atoms with Crippen molar-refractivity contribution in [3.05, 3.63) is 29.8 Å². The third-order valence-corrected chi connectivity index (χ3v) is 2.99. The molecular weight excluding hydrogens is 250 g/mol. The van der Waals surface area contributed by atoms with E-state index in [-0.39, 0.29) is 25.7 Å². The van der Waals surface area contributed by atoms with E-state index in [0.29, 0.717) is 5.75 Å². The molecular formula is C13H15NO5. The fourth-order valence-electron chi connectivity index (χ4n) is 1.94. The lowest BCUT2D eigenvalue weighted by Gasteiger charge is -2.32. The van der Waals surface area contributed by atoms with Crippen LogP contribution < -0.4 is 4.74 Å². The molecule has 19 heavy (non-hydrogen) atoms. The summed E-state index contributed by atoms with van der Waals surface area (Å²) >= 11 is 0. The fraction of sp³-hybridized carbons (Fsp3) is 0.385. The van der Waals surface area contributed by atoms with Crippen LogP contribution in [0.25, 0.3) is 0 Å². The number of methoxy groups -OCH3 is 1. The lowest BCUT2D eigenvalue weighted by molar-refractivity contribution is -0.163. The van der Waals surface area contributed by atoms with Crippen molar-refractivity contribution in [2.75, 3.05) is 20.3 Å². The van der Waals surface area contributed by atoms with Crippen molar-refractivity contribution in [2.45, 2.75) is 12.6 Å². The van der Waals surface area contributed by atoms with E-state index < -0.39 is 12.0 Å². The quantitative estimate of drug-likeness (QED) is 0.858. The Balaban J connectivity index is 2.13. The van der Waals surface area contributed by atoms with Crippen molar-refractivity contribution >= 4 is 11.9 Å². The molecule has 0 radical (unpaired) electrons. The molecule has 1 heterocycles. The molecule has 0 spiro atoms. The summed E-state index contributed by atoms with van der Waals surface area (Å²) in [6.07, 6.45) is 0. The van der Waals surface area contributed by atoms with Crippen LogP contribution in [0, 0.1) is 0 Å². The van der Waals surface area contributed by atoms with Gasteiger partial charge < -0.3 is 19.5 Å². The Morgan fingerprint density at radius 1 is 1.47 bits per heavy atom. The van der Waals surface area contributed by atoms with Gasteiger partial charge in [-0.2, -0.15) is 0 Å². The van der Waals surface area contributed by atoms with E-state index in [4.69, 9.17) is 14.6 Å². The third-order valence-electron chi connectivity index (χ3n) is 2.99. The van der Waals surface area contributed by atoms with Gasteiger partial charge in [-0.3, -0.25) is 4.79 Å². The monoisotopic (exact) mass is 265 g/mol. The second-order valence-electron chi connectivity index (χ2n) is 4.24. The summed E-state index contributed by atoms with van der Waals surface area (Å²) in [4.78, 5) is 24.2. The molecule has 1 saturated heterocycles. The smallest absolute Gasteiger partial charge is 0.328 e. The number of carboxylic acids is 1. The predicted molar refractivity (Wildman–Crippen MR) is 65.8 cm³/mol. The summed E-state index contributed by atoms with van der Waals surface area (Å²) in [6.45, 7) is 0.209. The Kier molecular flexibility index (Phi) is 4.01. The minimum absolute atomic E-state index is 0.0250. The predicted octanol–water partition coefficient (Wildman–Crippen LogP) is 0.507. The number of nitrogens with zero attached hydrogens (tertiary/aromatic N) is 1. The summed E-state index contributed by atoms with van der Waals surface area (Å²) in [6, 6.07) is 6.23.